The molecule has 1 aliphatic heterocycles. The molecule has 1 aromatic rings. The van der Waals surface area contributed by atoms with Crippen LogP contribution in [0.3, 0.4) is 0 Å². The number of aliphatic carboxylic acids is 1. The molecule has 9 heteroatoms. The van der Waals surface area contributed by atoms with Crippen LogP contribution in [-0.2, 0) is 25.5 Å². The third-order valence-corrected chi connectivity index (χ3v) is 4.64. The first-order chi connectivity index (χ1) is 14.5. The van der Waals surface area contributed by atoms with E-state index in [4.69, 9.17) is 9.47 Å². The number of carboxylic acid groups (broad SMARTS) is 1. The average Bonchev–Trinajstić information content (AvgIpc) is 2.68. The minimum absolute atomic E-state index is 0.116. The van der Waals surface area contributed by atoms with Gasteiger partial charge in [-0.3, -0.25) is 14.5 Å². The Kier molecular flexibility index (Phi) is 8.82. The fourth-order valence-electron chi connectivity index (χ4n) is 3.09. The van der Waals surface area contributed by atoms with E-state index in [2.05, 4.69) is 10.6 Å². The van der Waals surface area contributed by atoms with Crippen molar-refractivity contribution in [2.75, 3.05) is 32.8 Å². The molecule has 9 nitrogen and oxygen atoms in total. The Morgan fingerprint density at radius 1 is 1.13 bits per heavy atom. The van der Waals surface area contributed by atoms with Crippen LogP contribution in [0.15, 0.2) is 24.3 Å². The fraction of sp³-hybridized carbons (Fsp3) is 0.591. The molecule has 0 saturated carbocycles. The van der Waals surface area contributed by atoms with Crippen LogP contribution < -0.4 is 15.4 Å². The SMILES string of the molecule is CC(NC(=O)CN1CCOCC1)C(=O)N[C@@H](Cc1ccc(OC(C)(C)C)cc1)C(=O)O. The second kappa shape index (κ2) is 11.1. The molecule has 1 aliphatic rings. The van der Waals surface area contributed by atoms with Crippen LogP contribution in [0, 0.1) is 0 Å². The average molecular weight is 436 g/mol. The molecule has 2 rings (SSSR count). The molecule has 0 aliphatic carbocycles. The van der Waals surface area contributed by atoms with Crippen LogP contribution in [0.5, 0.6) is 5.75 Å². The Labute approximate surface area is 183 Å². The molecule has 0 spiro atoms. The summed E-state index contributed by atoms with van der Waals surface area (Å²) in [6, 6.07) is 5.14. The van der Waals surface area contributed by atoms with E-state index in [1.54, 1.807) is 24.3 Å². The first-order valence-corrected chi connectivity index (χ1v) is 10.4. The third-order valence-electron chi connectivity index (χ3n) is 4.64. The van der Waals surface area contributed by atoms with E-state index in [1.165, 1.54) is 6.92 Å². The van der Waals surface area contributed by atoms with Crippen LogP contribution >= 0.6 is 0 Å². The molecule has 0 bridgehead atoms. The van der Waals surface area contributed by atoms with Gasteiger partial charge in [0.05, 0.1) is 19.8 Å². The number of carbonyl (C=O) groups is 3. The minimum atomic E-state index is -1.14. The highest BCUT2D eigenvalue weighted by Crippen LogP contribution is 2.19. The zero-order valence-electron chi connectivity index (χ0n) is 18.6. The van der Waals surface area contributed by atoms with Gasteiger partial charge >= 0.3 is 5.97 Å². The Hall–Kier alpha value is -2.65. The minimum Gasteiger partial charge on any atom is -0.488 e. The summed E-state index contributed by atoms with van der Waals surface area (Å²) < 4.78 is 11.0. The number of hydrogen-bond donors (Lipinski definition) is 3. The number of nitrogens with one attached hydrogen (secondary N) is 2. The molecule has 3 N–H and O–H groups in total. The number of carboxylic acids is 1. The molecule has 1 fully saturated rings. The summed E-state index contributed by atoms with van der Waals surface area (Å²) in [5.74, 6) is -1.29. The molecule has 2 amide bonds. The number of amides is 2. The summed E-state index contributed by atoms with van der Waals surface area (Å²) in [5, 5.41) is 14.7. The molecule has 1 saturated heterocycles. The molecule has 172 valence electrons. The molecule has 2 atom stereocenters. The van der Waals surface area contributed by atoms with Crippen molar-refractivity contribution in [3.05, 3.63) is 29.8 Å². The normalized spacial score (nSPS) is 16.8. The number of ether oxygens (including phenoxy) is 2. The summed E-state index contributed by atoms with van der Waals surface area (Å²) in [4.78, 5) is 38.2. The maximum Gasteiger partial charge on any atom is 0.326 e. The van der Waals surface area contributed by atoms with E-state index in [0.29, 0.717) is 32.1 Å². The summed E-state index contributed by atoms with van der Waals surface area (Å²) >= 11 is 0. The van der Waals surface area contributed by atoms with Gasteiger partial charge in [-0.25, -0.2) is 4.79 Å². The van der Waals surface area contributed by atoms with Crippen molar-refractivity contribution in [2.24, 2.45) is 0 Å². The number of carbonyl (C=O) groups excluding carboxylic acids is 2. The van der Waals surface area contributed by atoms with Gasteiger partial charge in [0, 0.05) is 19.5 Å². The number of morpholine rings is 1. The standard InChI is InChI=1S/C22H33N3O6/c1-15(23-19(26)14-25-9-11-30-12-10-25)20(27)24-18(21(28)29)13-16-5-7-17(8-6-16)31-22(2,3)4/h5-8,15,18H,9-14H2,1-4H3,(H,23,26)(H,24,27)(H,28,29)/t15?,18-/m0/s1. The Morgan fingerprint density at radius 3 is 2.29 bits per heavy atom. The molecule has 0 aromatic heterocycles. The molecule has 1 aromatic carbocycles. The van der Waals surface area contributed by atoms with Crippen molar-refractivity contribution in [1.82, 2.24) is 15.5 Å². The second-order valence-corrected chi connectivity index (χ2v) is 8.64. The molecule has 0 radical (unpaired) electrons. The summed E-state index contributed by atoms with van der Waals surface area (Å²) in [6.45, 7) is 10.0. The van der Waals surface area contributed by atoms with Crippen molar-refractivity contribution in [2.45, 2.75) is 51.8 Å². The van der Waals surface area contributed by atoms with Gasteiger partial charge in [-0.05, 0) is 45.4 Å². The molecule has 1 heterocycles. The summed E-state index contributed by atoms with van der Waals surface area (Å²) in [7, 11) is 0. The number of nitrogens with zero attached hydrogens (tertiary/aromatic N) is 1. The molecule has 31 heavy (non-hydrogen) atoms. The Bertz CT molecular complexity index is 754. The molecular weight excluding hydrogens is 402 g/mol. The smallest absolute Gasteiger partial charge is 0.326 e. The van der Waals surface area contributed by atoms with E-state index in [1.807, 2.05) is 25.7 Å². The van der Waals surface area contributed by atoms with Gasteiger partial charge in [0.25, 0.3) is 0 Å². The van der Waals surface area contributed by atoms with Gasteiger partial charge in [-0.15, -0.1) is 0 Å². The van der Waals surface area contributed by atoms with Gasteiger partial charge < -0.3 is 25.2 Å². The predicted octanol–water partition coefficient (Wildman–Crippen LogP) is 0.813. The maximum atomic E-state index is 12.4. The predicted molar refractivity (Wildman–Crippen MR) is 115 cm³/mol. The quantitative estimate of drug-likeness (QED) is 0.526. The van der Waals surface area contributed by atoms with Gasteiger partial charge in [0.2, 0.25) is 11.8 Å². The van der Waals surface area contributed by atoms with E-state index < -0.39 is 24.0 Å². The Balaban J connectivity index is 1.87. The van der Waals surface area contributed by atoms with Crippen molar-refractivity contribution in [3.8, 4) is 5.75 Å². The lowest BCUT2D eigenvalue weighted by Gasteiger charge is -2.26. The summed E-state index contributed by atoms with van der Waals surface area (Å²) in [6.07, 6.45) is 0.116. The molecule has 1 unspecified atom stereocenters. The van der Waals surface area contributed by atoms with Crippen LogP contribution in [-0.4, -0.2) is 78.3 Å². The highest BCUT2D eigenvalue weighted by molar-refractivity contribution is 5.90. The highest BCUT2D eigenvalue weighted by atomic mass is 16.5. The lowest BCUT2D eigenvalue weighted by atomic mass is 10.1. The zero-order valence-corrected chi connectivity index (χ0v) is 18.6. The molecular formula is C22H33N3O6. The van der Waals surface area contributed by atoms with E-state index in [0.717, 1.165) is 5.56 Å². The topological polar surface area (TPSA) is 117 Å². The van der Waals surface area contributed by atoms with Crippen LogP contribution in [0.25, 0.3) is 0 Å². The van der Waals surface area contributed by atoms with Gasteiger partial charge in [0.1, 0.15) is 23.4 Å². The van der Waals surface area contributed by atoms with Gasteiger partial charge in [0.15, 0.2) is 0 Å². The van der Waals surface area contributed by atoms with Crippen LogP contribution in [0.2, 0.25) is 0 Å². The number of benzene rings is 1. The zero-order chi connectivity index (χ0) is 23.0. The first-order valence-electron chi connectivity index (χ1n) is 10.4. The van der Waals surface area contributed by atoms with Crippen molar-refractivity contribution >= 4 is 17.8 Å². The monoisotopic (exact) mass is 435 g/mol. The van der Waals surface area contributed by atoms with E-state index >= 15 is 0 Å². The lowest BCUT2D eigenvalue weighted by Crippen LogP contribution is -2.53. The van der Waals surface area contributed by atoms with E-state index in [-0.39, 0.29) is 24.5 Å². The van der Waals surface area contributed by atoms with Gasteiger partial charge in [-0.2, -0.15) is 0 Å². The van der Waals surface area contributed by atoms with Crippen LogP contribution in [0.4, 0.5) is 0 Å². The highest BCUT2D eigenvalue weighted by Gasteiger charge is 2.25. The van der Waals surface area contributed by atoms with Crippen molar-refractivity contribution in [1.29, 1.82) is 0 Å². The van der Waals surface area contributed by atoms with Crippen LogP contribution in [0.1, 0.15) is 33.3 Å². The third kappa shape index (κ3) is 8.94. The first kappa shape index (κ1) is 24.6. The maximum absolute atomic E-state index is 12.4. The van der Waals surface area contributed by atoms with Crippen molar-refractivity contribution in [3.63, 3.8) is 0 Å². The largest absolute Gasteiger partial charge is 0.488 e. The van der Waals surface area contributed by atoms with Gasteiger partial charge in [-0.1, -0.05) is 12.1 Å². The Morgan fingerprint density at radius 2 is 1.74 bits per heavy atom. The lowest BCUT2D eigenvalue weighted by molar-refractivity contribution is -0.142. The fourth-order valence-corrected chi connectivity index (χ4v) is 3.09. The number of rotatable bonds is 9. The summed E-state index contributed by atoms with van der Waals surface area (Å²) in [5.41, 5.74) is 0.416. The van der Waals surface area contributed by atoms with E-state index in [9.17, 15) is 19.5 Å². The number of hydrogen-bond acceptors (Lipinski definition) is 6. The second-order valence-electron chi connectivity index (χ2n) is 8.64. The van der Waals surface area contributed by atoms with Crippen molar-refractivity contribution < 1.29 is 29.0 Å².